The number of aryl methyl sites for hydroxylation is 1. The average Bonchev–Trinajstić information content (AvgIpc) is 2.72. The van der Waals surface area contributed by atoms with E-state index in [1.54, 1.807) is 19.1 Å². The number of aliphatic hydroxyl groups excluding tert-OH is 1. The van der Waals surface area contributed by atoms with Crippen LogP contribution in [0.1, 0.15) is 17.0 Å². The second-order valence-electron chi connectivity index (χ2n) is 6.13. The van der Waals surface area contributed by atoms with Gasteiger partial charge in [-0.1, -0.05) is 30.3 Å². The Balaban J connectivity index is 2.18. The first-order valence-electron chi connectivity index (χ1n) is 8.60. The zero-order valence-corrected chi connectivity index (χ0v) is 17.4. The minimum Gasteiger partial charge on any atom is -0.498 e. The second kappa shape index (κ2) is 8.54. The fraction of sp³-hybridized carbons (Fsp3) is 0.150. The van der Waals surface area contributed by atoms with Gasteiger partial charge in [0.2, 0.25) is 0 Å². The van der Waals surface area contributed by atoms with Crippen LogP contribution in [0.3, 0.4) is 0 Å². The summed E-state index contributed by atoms with van der Waals surface area (Å²) in [6.45, 7) is 1.63. The average molecular weight is 430 g/mol. The van der Waals surface area contributed by atoms with Gasteiger partial charge in [-0.3, -0.25) is 0 Å². The quantitative estimate of drug-likeness (QED) is 0.575. The van der Waals surface area contributed by atoms with Gasteiger partial charge in [-0.25, -0.2) is 22.7 Å². The summed E-state index contributed by atoms with van der Waals surface area (Å²) in [5.74, 6) is 0.904. The Labute approximate surface area is 174 Å². The zero-order valence-electron chi connectivity index (χ0n) is 15.8. The maximum atomic E-state index is 13.5. The summed E-state index contributed by atoms with van der Waals surface area (Å²) in [4.78, 5) is 8.37. The van der Waals surface area contributed by atoms with E-state index in [0.29, 0.717) is 11.6 Å². The number of aromatic nitrogens is 2. The van der Waals surface area contributed by atoms with Gasteiger partial charge in [0.1, 0.15) is 11.6 Å². The van der Waals surface area contributed by atoms with Gasteiger partial charge in [-0.2, -0.15) is 0 Å². The number of nitrogens with zero attached hydrogens (tertiary/aromatic N) is 3. The van der Waals surface area contributed by atoms with Crippen LogP contribution in [-0.4, -0.2) is 35.7 Å². The molecule has 0 fully saturated rings. The molecule has 2 aromatic carbocycles. The molecule has 1 heterocycles. The second-order valence-corrected chi connectivity index (χ2v) is 8.38. The van der Waals surface area contributed by atoms with E-state index in [1.165, 1.54) is 25.4 Å². The molecule has 0 amide bonds. The van der Waals surface area contributed by atoms with Crippen molar-refractivity contribution < 1.29 is 18.3 Å². The van der Waals surface area contributed by atoms with Gasteiger partial charge in [0.15, 0.2) is 10.9 Å². The van der Waals surface area contributed by atoms with E-state index in [4.69, 9.17) is 17.0 Å². The molecular weight excluding hydrogens is 410 g/mol. The minimum atomic E-state index is -4.03. The smallest absolute Gasteiger partial charge is 0.265 e. The van der Waals surface area contributed by atoms with Crippen LogP contribution in [0.4, 0.5) is 5.82 Å². The van der Waals surface area contributed by atoms with Crippen molar-refractivity contribution in [2.24, 2.45) is 0 Å². The number of sulfonamides is 1. The number of thiocarbonyl (C=S) groups is 1. The molecule has 0 bridgehead atoms. The monoisotopic (exact) mass is 429 g/mol. The topological polar surface area (TPSA) is 92.6 Å². The van der Waals surface area contributed by atoms with Gasteiger partial charge < -0.3 is 9.84 Å². The molecule has 0 saturated heterocycles. The summed E-state index contributed by atoms with van der Waals surface area (Å²) in [7, 11) is -2.53. The van der Waals surface area contributed by atoms with Crippen molar-refractivity contribution in [2.45, 2.75) is 18.4 Å². The van der Waals surface area contributed by atoms with Gasteiger partial charge in [0, 0.05) is 6.20 Å². The molecule has 0 saturated carbocycles. The van der Waals surface area contributed by atoms with Crippen LogP contribution in [0, 0.1) is 6.92 Å². The maximum Gasteiger partial charge on any atom is 0.265 e. The van der Waals surface area contributed by atoms with Crippen molar-refractivity contribution in [3.8, 4) is 5.75 Å². The Morgan fingerprint density at radius 1 is 1.14 bits per heavy atom. The van der Waals surface area contributed by atoms with Crippen molar-refractivity contribution >= 4 is 33.1 Å². The zero-order chi connectivity index (χ0) is 21.0. The third kappa shape index (κ3) is 4.52. The van der Waals surface area contributed by atoms with Crippen LogP contribution in [0.25, 0.3) is 0 Å². The van der Waals surface area contributed by atoms with Gasteiger partial charge in [0.25, 0.3) is 10.0 Å². The predicted molar refractivity (Wildman–Crippen MR) is 114 cm³/mol. The Kier molecular flexibility index (Phi) is 6.09. The predicted octanol–water partition coefficient (Wildman–Crippen LogP) is 3.42. The van der Waals surface area contributed by atoms with Gasteiger partial charge in [0.05, 0.1) is 24.1 Å². The van der Waals surface area contributed by atoms with Crippen LogP contribution in [0.5, 0.6) is 5.75 Å². The highest BCUT2D eigenvalue weighted by Crippen LogP contribution is 2.28. The summed E-state index contributed by atoms with van der Waals surface area (Å²) in [6, 6.07) is 15.1. The number of methoxy groups -OCH3 is 1. The SMILES string of the molecule is COc1ccc(S(=O)(=O)N(Cc2ccccc2)c2nc(C)ncc2C(O)=S)cc1. The normalized spacial score (nSPS) is 11.1. The molecule has 0 radical (unpaired) electrons. The number of benzene rings is 2. The van der Waals surface area contributed by atoms with Crippen molar-refractivity contribution in [3.63, 3.8) is 0 Å². The van der Waals surface area contributed by atoms with E-state index in [9.17, 15) is 13.5 Å². The lowest BCUT2D eigenvalue weighted by Crippen LogP contribution is -2.33. The molecule has 9 heteroatoms. The Morgan fingerprint density at radius 3 is 2.38 bits per heavy atom. The molecule has 0 aliphatic carbocycles. The fourth-order valence-electron chi connectivity index (χ4n) is 2.70. The third-order valence-electron chi connectivity index (χ3n) is 4.17. The largest absolute Gasteiger partial charge is 0.498 e. The Hall–Kier alpha value is -3.04. The molecule has 0 aliphatic rings. The van der Waals surface area contributed by atoms with Crippen LogP contribution in [0.15, 0.2) is 65.7 Å². The summed E-state index contributed by atoms with van der Waals surface area (Å²) in [5, 5.41) is 9.45. The lowest BCUT2D eigenvalue weighted by molar-refractivity contribution is 0.414. The highest BCUT2D eigenvalue weighted by atomic mass is 32.2. The molecule has 150 valence electrons. The summed E-state index contributed by atoms with van der Waals surface area (Å²) >= 11 is 4.89. The highest BCUT2D eigenvalue weighted by Gasteiger charge is 2.29. The molecule has 0 atom stereocenters. The summed E-state index contributed by atoms with van der Waals surface area (Å²) in [5.41, 5.74) is 0.814. The first kappa shape index (κ1) is 20.7. The van der Waals surface area contributed by atoms with E-state index in [2.05, 4.69) is 9.97 Å². The van der Waals surface area contributed by atoms with Crippen LogP contribution >= 0.6 is 12.2 Å². The van der Waals surface area contributed by atoms with Crippen LogP contribution < -0.4 is 9.04 Å². The van der Waals surface area contributed by atoms with Crippen molar-refractivity contribution in [1.82, 2.24) is 9.97 Å². The maximum absolute atomic E-state index is 13.5. The van der Waals surface area contributed by atoms with E-state index in [-0.39, 0.29) is 22.8 Å². The lowest BCUT2D eigenvalue weighted by Gasteiger charge is -2.25. The molecule has 0 unspecified atom stereocenters. The Bertz CT molecular complexity index is 1120. The van der Waals surface area contributed by atoms with E-state index >= 15 is 0 Å². The number of rotatable bonds is 7. The highest BCUT2D eigenvalue weighted by molar-refractivity contribution is 7.92. The lowest BCUT2D eigenvalue weighted by atomic mass is 10.2. The molecule has 29 heavy (non-hydrogen) atoms. The van der Waals surface area contributed by atoms with Crippen LogP contribution in [-0.2, 0) is 16.6 Å². The first-order valence-corrected chi connectivity index (χ1v) is 10.5. The molecule has 0 spiro atoms. The van der Waals surface area contributed by atoms with E-state index in [1.807, 2.05) is 30.3 Å². The molecule has 1 aromatic heterocycles. The molecule has 1 N–H and O–H groups in total. The number of anilines is 1. The minimum absolute atomic E-state index is 0.00126. The van der Waals surface area contributed by atoms with Crippen molar-refractivity contribution in [3.05, 3.63) is 77.7 Å². The van der Waals surface area contributed by atoms with Gasteiger partial charge in [-0.15, -0.1) is 0 Å². The molecule has 0 aliphatic heterocycles. The first-order chi connectivity index (χ1) is 13.8. The molecule has 3 aromatic rings. The van der Waals surface area contributed by atoms with E-state index in [0.717, 1.165) is 9.87 Å². The fourth-order valence-corrected chi connectivity index (χ4v) is 4.26. The standard InChI is InChI=1S/C20H19N3O4S2/c1-14-21-12-18(20(24)28)19(22-14)23(13-15-6-4-3-5-7-15)29(25,26)17-10-8-16(27-2)9-11-17/h3-12H,13H2,1-2H3,(H,24,28). The summed E-state index contributed by atoms with van der Waals surface area (Å²) in [6.07, 6.45) is 1.32. The number of hydrogen-bond acceptors (Lipinski definition) is 6. The number of aliphatic hydroxyl groups is 1. The Morgan fingerprint density at radius 2 is 1.79 bits per heavy atom. The number of hydrogen-bond donors (Lipinski definition) is 1. The van der Waals surface area contributed by atoms with Crippen molar-refractivity contribution in [2.75, 3.05) is 11.4 Å². The van der Waals surface area contributed by atoms with Gasteiger partial charge in [-0.05, 0) is 49.0 Å². The van der Waals surface area contributed by atoms with Gasteiger partial charge >= 0.3 is 0 Å². The van der Waals surface area contributed by atoms with E-state index < -0.39 is 15.1 Å². The van der Waals surface area contributed by atoms with Crippen molar-refractivity contribution in [1.29, 1.82) is 0 Å². The van der Waals surface area contributed by atoms with Crippen LogP contribution in [0.2, 0.25) is 0 Å². The number of ether oxygens (including phenoxy) is 1. The third-order valence-corrected chi connectivity index (χ3v) is 6.14. The molecule has 3 rings (SSSR count). The molecular formula is C20H19N3O4S2. The molecule has 7 nitrogen and oxygen atoms in total. The summed E-state index contributed by atoms with van der Waals surface area (Å²) < 4.78 is 33.3.